The summed E-state index contributed by atoms with van der Waals surface area (Å²) in [5.74, 6) is 0.318. The Morgan fingerprint density at radius 3 is 2.67 bits per heavy atom. The zero-order valence-electron chi connectivity index (χ0n) is 11.0. The molecule has 0 aromatic heterocycles. The molecule has 0 spiro atoms. The predicted octanol–water partition coefficient (Wildman–Crippen LogP) is 3.52. The minimum absolute atomic E-state index is 0.0403. The van der Waals surface area contributed by atoms with E-state index in [0.29, 0.717) is 5.75 Å². The van der Waals surface area contributed by atoms with Crippen LogP contribution in [0.5, 0.6) is 5.75 Å². The Kier molecular flexibility index (Phi) is 3.57. The van der Waals surface area contributed by atoms with Gasteiger partial charge in [-0.2, -0.15) is 8.78 Å². The monoisotopic (exact) mass is 255 g/mol. The average Bonchev–Trinajstić information content (AvgIpc) is 2.26. The van der Waals surface area contributed by atoms with Crippen LogP contribution in [0.3, 0.4) is 0 Å². The molecule has 1 aliphatic heterocycles. The SMILES string of the molecule is CC(C)(C)C1NCCc2c(OC(F)F)cccc21. The van der Waals surface area contributed by atoms with Crippen molar-refractivity contribution in [3.8, 4) is 5.75 Å². The van der Waals surface area contributed by atoms with Gasteiger partial charge in [-0.15, -0.1) is 0 Å². The molecular weight excluding hydrogens is 236 g/mol. The standard InChI is InChI=1S/C14H19F2NO/c1-14(2,3)12-10-5-4-6-11(18-13(15)16)9(10)7-8-17-12/h4-6,12-13,17H,7-8H2,1-3H3. The first-order valence-electron chi connectivity index (χ1n) is 6.19. The molecule has 0 radical (unpaired) electrons. The van der Waals surface area contributed by atoms with Crippen molar-refractivity contribution < 1.29 is 13.5 Å². The highest BCUT2D eigenvalue weighted by Crippen LogP contribution is 2.39. The van der Waals surface area contributed by atoms with Crippen LogP contribution in [0.15, 0.2) is 18.2 Å². The van der Waals surface area contributed by atoms with Crippen LogP contribution in [0.25, 0.3) is 0 Å². The molecule has 1 aromatic carbocycles. The maximum absolute atomic E-state index is 12.4. The molecule has 2 rings (SSSR count). The van der Waals surface area contributed by atoms with E-state index in [9.17, 15) is 8.78 Å². The molecule has 1 unspecified atom stereocenters. The lowest BCUT2D eigenvalue weighted by atomic mass is 9.78. The number of hydrogen-bond donors (Lipinski definition) is 1. The highest BCUT2D eigenvalue weighted by atomic mass is 19.3. The minimum Gasteiger partial charge on any atom is -0.435 e. The number of ether oxygens (including phenoxy) is 1. The lowest BCUT2D eigenvalue weighted by Crippen LogP contribution is -2.38. The molecule has 4 heteroatoms. The van der Waals surface area contributed by atoms with Gasteiger partial charge in [-0.05, 0) is 30.0 Å². The third-order valence-corrected chi connectivity index (χ3v) is 3.29. The van der Waals surface area contributed by atoms with Crippen LogP contribution in [-0.2, 0) is 6.42 Å². The Hall–Kier alpha value is -1.16. The fraction of sp³-hybridized carbons (Fsp3) is 0.571. The Morgan fingerprint density at radius 1 is 1.33 bits per heavy atom. The summed E-state index contributed by atoms with van der Waals surface area (Å²) >= 11 is 0. The number of fused-ring (bicyclic) bond motifs is 1. The van der Waals surface area contributed by atoms with E-state index in [2.05, 4.69) is 30.8 Å². The number of rotatable bonds is 2. The van der Waals surface area contributed by atoms with Crippen molar-refractivity contribution in [2.45, 2.75) is 39.8 Å². The summed E-state index contributed by atoms with van der Waals surface area (Å²) in [6.45, 7) is 4.44. The Labute approximate surface area is 106 Å². The topological polar surface area (TPSA) is 21.3 Å². The molecule has 1 heterocycles. The number of alkyl halides is 2. The first-order valence-corrected chi connectivity index (χ1v) is 6.19. The van der Waals surface area contributed by atoms with Gasteiger partial charge in [-0.25, -0.2) is 0 Å². The molecule has 2 nitrogen and oxygen atoms in total. The maximum Gasteiger partial charge on any atom is 0.387 e. The number of hydrogen-bond acceptors (Lipinski definition) is 2. The van der Waals surface area contributed by atoms with Crippen LogP contribution in [0.4, 0.5) is 8.78 Å². The van der Waals surface area contributed by atoms with E-state index in [1.165, 1.54) is 0 Å². The second-order valence-corrected chi connectivity index (χ2v) is 5.71. The van der Waals surface area contributed by atoms with Gasteiger partial charge in [0, 0.05) is 11.6 Å². The molecule has 0 bridgehead atoms. The molecular formula is C14H19F2NO. The number of halogens is 2. The third kappa shape index (κ3) is 2.64. The second kappa shape index (κ2) is 4.84. The third-order valence-electron chi connectivity index (χ3n) is 3.29. The molecule has 0 fully saturated rings. The largest absolute Gasteiger partial charge is 0.435 e. The predicted molar refractivity (Wildman–Crippen MR) is 67.0 cm³/mol. The van der Waals surface area contributed by atoms with Gasteiger partial charge in [-0.1, -0.05) is 32.9 Å². The van der Waals surface area contributed by atoms with Crippen LogP contribution >= 0.6 is 0 Å². The van der Waals surface area contributed by atoms with Gasteiger partial charge in [0.15, 0.2) is 0 Å². The Morgan fingerprint density at radius 2 is 2.06 bits per heavy atom. The van der Waals surface area contributed by atoms with Crippen LogP contribution in [-0.4, -0.2) is 13.2 Å². The van der Waals surface area contributed by atoms with Gasteiger partial charge in [0.05, 0.1) is 0 Å². The van der Waals surface area contributed by atoms with E-state index in [1.54, 1.807) is 12.1 Å². The number of nitrogens with one attached hydrogen (secondary N) is 1. The van der Waals surface area contributed by atoms with E-state index in [1.807, 2.05) is 6.07 Å². The molecule has 1 atom stereocenters. The summed E-state index contributed by atoms with van der Waals surface area (Å²) in [6, 6.07) is 5.57. The van der Waals surface area contributed by atoms with E-state index in [-0.39, 0.29) is 11.5 Å². The van der Waals surface area contributed by atoms with Crippen LogP contribution < -0.4 is 10.1 Å². The van der Waals surface area contributed by atoms with E-state index in [0.717, 1.165) is 24.1 Å². The van der Waals surface area contributed by atoms with Crippen molar-refractivity contribution in [3.05, 3.63) is 29.3 Å². The van der Waals surface area contributed by atoms with Gasteiger partial charge in [0.25, 0.3) is 0 Å². The van der Waals surface area contributed by atoms with Crippen molar-refractivity contribution in [3.63, 3.8) is 0 Å². The summed E-state index contributed by atoms with van der Waals surface area (Å²) in [6.07, 6.45) is 0.727. The fourth-order valence-electron chi connectivity index (χ4n) is 2.55. The smallest absolute Gasteiger partial charge is 0.387 e. The van der Waals surface area contributed by atoms with E-state index < -0.39 is 6.61 Å². The fourth-order valence-corrected chi connectivity index (χ4v) is 2.55. The first kappa shape index (κ1) is 13.3. The van der Waals surface area contributed by atoms with E-state index in [4.69, 9.17) is 0 Å². The van der Waals surface area contributed by atoms with Gasteiger partial charge < -0.3 is 10.1 Å². The first-order chi connectivity index (χ1) is 8.39. The summed E-state index contributed by atoms with van der Waals surface area (Å²) in [7, 11) is 0. The lowest BCUT2D eigenvalue weighted by molar-refractivity contribution is -0.0506. The zero-order valence-corrected chi connectivity index (χ0v) is 11.0. The molecule has 0 saturated carbocycles. The van der Waals surface area contributed by atoms with Gasteiger partial charge >= 0.3 is 6.61 Å². The number of benzene rings is 1. The minimum atomic E-state index is -2.76. The van der Waals surface area contributed by atoms with Gasteiger partial charge in [0.2, 0.25) is 0 Å². The van der Waals surface area contributed by atoms with Crippen molar-refractivity contribution in [2.75, 3.05) is 6.54 Å². The zero-order chi connectivity index (χ0) is 13.3. The molecule has 1 aliphatic rings. The van der Waals surface area contributed by atoms with Crippen molar-refractivity contribution >= 4 is 0 Å². The molecule has 18 heavy (non-hydrogen) atoms. The molecule has 1 N–H and O–H groups in total. The van der Waals surface area contributed by atoms with E-state index >= 15 is 0 Å². The molecule has 1 aromatic rings. The van der Waals surface area contributed by atoms with Gasteiger partial charge in [-0.3, -0.25) is 0 Å². The van der Waals surface area contributed by atoms with Crippen LogP contribution in [0.2, 0.25) is 0 Å². The summed E-state index contributed by atoms with van der Waals surface area (Å²) in [5, 5.41) is 3.45. The second-order valence-electron chi connectivity index (χ2n) is 5.71. The average molecular weight is 255 g/mol. The summed E-state index contributed by atoms with van der Waals surface area (Å²) in [4.78, 5) is 0. The maximum atomic E-state index is 12.4. The van der Waals surface area contributed by atoms with Gasteiger partial charge in [0.1, 0.15) is 5.75 Å². The highest BCUT2D eigenvalue weighted by Gasteiger charge is 2.31. The van der Waals surface area contributed by atoms with Crippen molar-refractivity contribution in [2.24, 2.45) is 5.41 Å². The summed E-state index contributed by atoms with van der Waals surface area (Å²) in [5.41, 5.74) is 2.03. The van der Waals surface area contributed by atoms with Crippen LogP contribution in [0.1, 0.15) is 37.9 Å². The quantitative estimate of drug-likeness (QED) is 0.873. The van der Waals surface area contributed by atoms with Crippen molar-refractivity contribution in [1.29, 1.82) is 0 Å². The summed E-state index contributed by atoms with van der Waals surface area (Å²) < 4.78 is 29.4. The normalized spacial score (nSPS) is 19.8. The molecule has 0 saturated heterocycles. The Bertz CT molecular complexity index is 426. The molecule has 0 aliphatic carbocycles. The highest BCUT2D eigenvalue weighted by molar-refractivity contribution is 5.44. The Balaban J connectivity index is 2.40. The van der Waals surface area contributed by atoms with Crippen LogP contribution in [0, 0.1) is 5.41 Å². The lowest BCUT2D eigenvalue weighted by Gasteiger charge is -2.37. The molecule has 100 valence electrons. The van der Waals surface area contributed by atoms with Crippen molar-refractivity contribution in [1.82, 2.24) is 5.32 Å². The molecule has 0 amide bonds.